The van der Waals surface area contributed by atoms with Gasteiger partial charge in [-0.15, -0.1) is 5.10 Å². The molecule has 0 aliphatic carbocycles. The fraction of sp³-hybridized carbons (Fsp3) is 0.217. The van der Waals surface area contributed by atoms with E-state index in [4.69, 9.17) is 15.0 Å². The molecule has 3 heterocycles. The Morgan fingerprint density at radius 1 is 1.25 bits per heavy atom. The molecule has 186 valence electrons. The summed E-state index contributed by atoms with van der Waals surface area (Å²) in [4.78, 5) is 27.1. The SMILES string of the molecule is C[C@](O)(C(=O)Nc1ccc2c(N)noc2c1)[C@H]1OCCN(c2nn(-c3ccc(F)cc3)cc2F)C1=O. The number of benzene rings is 2. The molecule has 1 aliphatic heterocycles. The van der Waals surface area contributed by atoms with Crippen LogP contribution in [0.15, 0.2) is 53.2 Å². The van der Waals surface area contributed by atoms with Crippen molar-refractivity contribution in [2.24, 2.45) is 0 Å². The van der Waals surface area contributed by atoms with E-state index in [2.05, 4.69) is 15.6 Å². The van der Waals surface area contributed by atoms with Gasteiger partial charge in [-0.2, -0.15) is 0 Å². The minimum absolute atomic E-state index is 0.0615. The molecule has 0 bridgehead atoms. The van der Waals surface area contributed by atoms with Gasteiger partial charge in [0.15, 0.2) is 34.7 Å². The first kappa shape index (κ1) is 23.4. The highest BCUT2D eigenvalue weighted by atomic mass is 19.1. The van der Waals surface area contributed by atoms with E-state index >= 15 is 0 Å². The summed E-state index contributed by atoms with van der Waals surface area (Å²) in [5.41, 5.74) is 4.29. The van der Waals surface area contributed by atoms with E-state index in [1.54, 1.807) is 6.07 Å². The normalized spacial score (nSPS) is 17.8. The quantitative estimate of drug-likeness (QED) is 0.378. The number of nitrogens with two attached hydrogens (primary N) is 1. The molecule has 2 amide bonds. The third-order valence-corrected chi connectivity index (χ3v) is 5.82. The lowest BCUT2D eigenvalue weighted by molar-refractivity contribution is -0.165. The van der Waals surface area contributed by atoms with Crippen LogP contribution in [0.1, 0.15) is 6.92 Å². The molecule has 5 rings (SSSR count). The van der Waals surface area contributed by atoms with Crippen LogP contribution in [-0.4, -0.2) is 56.7 Å². The first-order chi connectivity index (χ1) is 17.1. The van der Waals surface area contributed by atoms with Crippen molar-refractivity contribution in [3.63, 3.8) is 0 Å². The van der Waals surface area contributed by atoms with E-state index in [1.807, 2.05) is 0 Å². The van der Waals surface area contributed by atoms with E-state index in [0.29, 0.717) is 16.7 Å². The van der Waals surface area contributed by atoms with E-state index in [9.17, 15) is 23.5 Å². The van der Waals surface area contributed by atoms with Gasteiger partial charge in [0.25, 0.3) is 11.8 Å². The number of halogens is 2. The summed E-state index contributed by atoms with van der Waals surface area (Å²) in [7, 11) is 0. The minimum Gasteiger partial charge on any atom is -0.380 e. The fourth-order valence-corrected chi connectivity index (χ4v) is 3.86. The van der Waals surface area contributed by atoms with Crippen molar-refractivity contribution in [2.45, 2.75) is 18.6 Å². The molecule has 0 radical (unpaired) electrons. The minimum atomic E-state index is -2.33. The smallest absolute Gasteiger partial charge is 0.261 e. The molecular formula is C23H20F2N6O5. The number of amides is 2. The van der Waals surface area contributed by atoms with Gasteiger partial charge in [-0.25, -0.2) is 13.5 Å². The maximum Gasteiger partial charge on any atom is 0.261 e. The molecule has 13 heteroatoms. The predicted octanol–water partition coefficient (Wildman–Crippen LogP) is 2.00. The van der Waals surface area contributed by atoms with Crippen LogP contribution in [0, 0.1) is 11.6 Å². The Hall–Kier alpha value is -4.36. The van der Waals surface area contributed by atoms with Gasteiger partial charge in [0.2, 0.25) is 0 Å². The fourth-order valence-electron chi connectivity index (χ4n) is 3.86. The largest absolute Gasteiger partial charge is 0.380 e. The first-order valence-corrected chi connectivity index (χ1v) is 10.8. The summed E-state index contributed by atoms with van der Waals surface area (Å²) in [6.45, 7) is 0.965. The molecule has 11 nitrogen and oxygen atoms in total. The van der Waals surface area contributed by atoms with E-state index in [0.717, 1.165) is 22.7 Å². The van der Waals surface area contributed by atoms with Gasteiger partial charge in [-0.3, -0.25) is 14.5 Å². The van der Waals surface area contributed by atoms with Crippen LogP contribution in [0.4, 0.5) is 26.1 Å². The molecular weight excluding hydrogens is 478 g/mol. The number of nitrogens with zero attached hydrogens (tertiary/aromatic N) is 4. The highest BCUT2D eigenvalue weighted by molar-refractivity contribution is 6.06. The number of aromatic nitrogens is 3. The number of hydrogen-bond donors (Lipinski definition) is 3. The summed E-state index contributed by atoms with van der Waals surface area (Å²) in [5, 5.41) is 21.8. The summed E-state index contributed by atoms with van der Waals surface area (Å²) in [5.74, 6) is -3.22. The Labute approximate surface area is 202 Å². The molecule has 36 heavy (non-hydrogen) atoms. The molecule has 0 saturated carbocycles. The van der Waals surface area contributed by atoms with Gasteiger partial charge in [0.05, 0.1) is 30.4 Å². The van der Waals surface area contributed by atoms with Gasteiger partial charge in [-0.05, 0) is 43.3 Å². The van der Waals surface area contributed by atoms with E-state index in [1.165, 1.54) is 36.4 Å². The number of morpholine rings is 1. The molecule has 4 aromatic rings. The highest BCUT2D eigenvalue weighted by Gasteiger charge is 2.49. The third-order valence-electron chi connectivity index (χ3n) is 5.82. The number of hydrogen-bond acceptors (Lipinski definition) is 8. The number of carbonyl (C=O) groups excluding carboxylic acids is 2. The Morgan fingerprint density at radius 2 is 2.00 bits per heavy atom. The maximum absolute atomic E-state index is 14.8. The number of anilines is 3. The van der Waals surface area contributed by atoms with Crippen LogP contribution < -0.4 is 16.0 Å². The Morgan fingerprint density at radius 3 is 2.75 bits per heavy atom. The number of rotatable bonds is 5. The van der Waals surface area contributed by atoms with E-state index < -0.39 is 35.2 Å². The number of carbonyl (C=O) groups is 2. The highest BCUT2D eigenvalue weighted by Crippen LogP contribution is 2.28. The molecule has 2 aromatic heterocycles. The van der Waals surface area contributed by atoms with Gasteiger partial charge < -0.3 is 25.4 Å². The van der Waals surface area contributed by atoms with Crippen LogP contribution in [-0.2, 0) is 14.3 Å². The lowest BCUT2D eigenvalue weighted by Gasteiger charge is -2.37. The zero-order valence-electron chi connectivity index (χ0n) is 18.8. The van der Waals surface area contributed by atoms with Crippen LogP contribution in [0.5, 0.6) is 0 Å². The average Bonchev–Trinajstić information content (AvgIpc) is 3.41. The molecule has 4 N–H and O–H groups in total. The summed E-state index contributed by atoms with van der Waals surface area (Å²) >= 11 is 0. The monoisotopic (exact) mass is 498 g/mol. The number of fused-ring (bicyclic) bond motifs is 1. The second-order valence-corrected chi connectivity index (χ2v) is 8.34. The zero-order valence-corrected chi connectivity index (χ0v) is 18.8. The lowest BCUT2D eigenvalue weighted by Crippen LogP contribution is -2.61. The Kier molecular flexibility index (Phi) is 5.65. The average molecular weight is 498 g/mol. The Balaban J connectivity index is 1.36. The summed E-state index contributed by atoms with van der Waals surface area (Å²) in [6, 6.07) is 9.74. The van der Waals surface area contributed by atoms with Crippen molar-refractivity contribution in [3.8, 4) is 5.69 Å². The molecule has 0 spiro atoms. The van der Waals surface area contributed by atoms with Crippen molar-refractivity contribution in [3.05, 3.63) is 60.3 Å². The molecule has 1 fully saturated rings. The van der Waals surface area contributed by atoms with E-state index in [-0.39, 0.29) is 30.5 Å². The molecule has 2 atom stereocenters. The van der Waals surface area contributed by atoms with Crippen molar-refractivity contribution < 1.29 is 32.7 Å². The van der Waals surface area contributed by atoms with Crippen LogP contribution in [0.2, 0.25) is 0 Å². The summed E-state index contributed by atoms with van der Waals surface area (Å²) < 4.78 is 39.6. The second-order valence-electron chi connectivity index (χ2n) is 8.34. The van der Waals surface area contributed by atoms with Gasteiger partial charge in [-0.1, -0.05) is 5.16 Å². The first-order valence-electron chi connectivity index (χ1n) is 10.8. The second kappa shape index (κ2) is 8.70. The third kappa shape index (κ3) is 4.03. The standard InChI is InChI=1S/C23H20F2N6O5/c1-23(34,22(33)27-13-4-7-15-17(10-13)36-29-19(15)26)18-21(32)30(8-9-35-18)20-16(25)11-31(28-20)14-5-2-12(24)3-6-14/h2-7,10-11,18,34H,8-9H2,1H3,(H2,26,29)(H,27,33)/t18-,23+/m0/s1. The van der Waals surface area contributed by atoms with Gasteiger partial charge in [0, 0.05) is 11.8 Å². The molecule has 2 aromatic carbocycles. The summed E-state index contributed by atoms with van der Waals surface area (Å²) in [6.07, 6.45) is -0.608. The van der Waals surface area contributed by atoms with Gasteiger partial charge in [0.1, 0.15) is 5.82 Å². The van der Waals surface area contributed by atoms with Gasteiger partial charge >= 0.3 is 0 Å². The van der Waals surface area contributed by atoms with Crippen LogP contribution >= 0.6 is 0 Å². The number of nitrogen functional groups attached to an aromatic ring is 1. The van der Waals surface area contributed by atoms with Crippen LogP contribution in [0.25, 0.3) is 16.7 Å². The number of aliphatic hydroxyl groups is 1. The molecule has 1 saturated heterocycles. The van der Waals surface area contributed by atoms with Crippen molar-refractivity contribution in [1.82, 2.24) is 14.9 Å². The van der Waals surface area contributed by atoms with Crippen molar-refractivity contribution in [1.29, 1.82) is 0 Å². The topological polar surface area (TPSA) is 149 Å². The Bertz CT molecular complexity index is 1470. The molecule has 0 unspecified atom stereocenters. The van der Waals surface area contributed by atoms with Crippen molar-refractivity contribution in [2.75, 3.05) is 29.1 Å². The van der Waals surface area contributed by atoms with Crippen LogP contribution in [0.3, 0.4) is 0 Å². The zero-order chi connectivity index (χ0) is 25.6. The predicted molar refractivity (Wildman–Crippen MR) is 123 cm³/mol. The maximum atomic E-state index is 14.8. The number of ether oxygens (including phenoxy) is 1. The lowest BCUT2D eigenvalue weighted by atomic mass is 9.95. The van der Waals surface area contributed by atoms with Crippen molar-refractivity contribution >= 4 is 40.1 Å². The molecule has 1 aliphatic rings. The number of nitrogens with one attached hydrogen (secondary N) is 1.